The van der Waals surface area contributed by atoms with Crippen LogP contribution in [0.1, 0.15) is 10.6 Å². The lowest BCUT2D eigenvalue weighted by atomic mass is 10.0. The molecule has 0 fully saturated rings. The van der Waals surface area contributed by atoms with Crippen molar-refractivity contribution in [3.63, 3.8) is 0 Å². The molecule has 1 aliphatic heterocycles. The number of aromatic nitrogens is 2. The van der Waals surface area contributed by atoms with Gasteiger partial charge >= 0.3 is 0 Å². The second kappa shape index (κ2) is 6.05. The van der Waals surface area contributed by atoms with Gasteiger partial charge in [-0.05, 0) is 18.2 Å². The predicted octanol–water partition coefficient (Wildman–Crippen LogP) is 3.30. The van der Waals surface area contributed by atoms with E-state index >= 15 is 0 Å². The SMILES string of the molecule is CN1C(=O)Cc2c1ccc(-c1cccnc1)c2OCc1nccs1. The molecule has 0 bridgehead atoms. The van der Waals surface area contributed by atoms with Gasteiger partial charge in [0.05, 0.1) is 12.1 Å². The molecule has 0 N–H and O–H groups in total. The number of anilines is 1. The first-order chi connectivity index (χ1) is 11.7. The topological polar surface area (TPSA) is 55.3 Å². The Morgan fingerprint density at radius 3 is 2.96 bits per heavy atom. The van der Waals surface area contributed by atoms with Gasteiger partial charge in [0, 0.05) is 47.7 Å². The average molecular weight is 337 g/mol. The third kappa shape index (κ3) is 2.55. The monoisotopic (exact) mass is 337 g/mol. The number of carbonyl (C=O) groups excluding carboxylic acids is 1. The fraction of sp³-hybridized carbons (Fsp3) is 0.167. The van der Waals surface area contributed by atoms with E-state index in [-0.39, 0.29) is 5.91 Å². The molecule has 6 heteroatoms. The third-order valence-corrected chi connectivity index (χ3v) is 4.85. The first kappa shape index (κ1) is 14.8. The minimum Gasteiger partial charge on any atom is -0.485 e. The molecule has 0 unspecified atom stereocenters. The number of thiazole rings is 1. The number of rotatable bonds is 4. The van der Waals surface area contributed by atoms with Crippen LogP contribution in [-0.2, 0) is 17.8 Å². The summed E-state index contributed by atoms with van der Waals surface area (Å²) in [7, 11) is 1.79. The molecule has 3 heterocycles. The highest BCUT2D eigenvalue weighted by Crippen LogP contribution is 2.42. The number of carbonyl (C=O) groups is 1. The van der Waals surface area contributed by atoms with Crippen LogP contribution in [0.4, 0.5) is 5.69 Å². The van der Waals surface area contributed by atoms with Crippen molar-refractivity contribution < 1.29 is 9.53 Å². The number of hydrogen-bond donors (Lipinski definition) is 0. The summed E-state index contributed by atoms with van der Waals surface area (Å²) in [5.74, 6) is 0.820. The first-order valence-corrected chi connectivity index (χ1v) is 8.46. The number of likely N-dealkylation sites (N-methyl/N-ethyl adjacent to an activating group) is 1. The minimum atomic E-state index is 0.0763. The van der Waals surface area contributed by atoms with Crippen molar-refractivity contribution >= 4 is 22.9 Å². The Hall–Kier alpha value is -2.73. The van der Waals surface area contributed by atoms with E-state index < -0.39 is 0 Å². The number of pyridine rings is 1. The molecule has 120 valence electrons. The fourth-order valence-corrected chi connectivity index (χ4v) is 3.41. The molecule has 0 saturated heterocycles. The summed E-state index contributed by atoms with van der Waals surface area (Å²) < 4.78 is 6.12. The molecule has 5 nitrogen and oxygen atoms in total. The Bertz CT molecular complexity index is 879. The van der Waals surface area contributed by atoms with Crippen molar-refractivity contribution in [2.24, 2.45) is 0 Å². The molecule has 1 aromatic carbocycles. The highest BCUT2D eigenvalue weighted by Gasteiger charge is 2.29. The van der Waals surface area contributed by atoms with Crippen molar-refractivity contribution in [3.8, 4) is 16.9 Å². The maximum absolute atomic E-state index is 12.1. The number of benzene rings is 1. The molecule has 24 heavy (non-hydrogen) atoms. The summed E-state index contributed by atoms with van der Waals surface area (Å²) in [5.41, 5.74) is 3.75. The summed E-state index contributed by atoms with van der Waals surface area (Å²) in [6.07, 6.45) is 5.66. The van der Waals surface area contributed by atoms with Crippen LogP contribution < -0.4 is 9.64 Å². The summed E-state index contributed by atoms with van der Waals surface area (Å²) in [6.45, 7) is 0.388. The predicted molar refractivity (Wildman–Crippen MR) is 93.2 cm³/mol. The van der Waals surface area contributed by atoms with Crippen LogP contribution >= 0.6 is 11.3 Å². The van der Waals surface area contributed by atoms with Gasteiger partial charge in [-0.25, -0.2) is 4.98 Å². The number of nitrogens with zero attached hydrogens (tertiary/aromatic N) is 3. The molecule has 2 aromatic heterocycles. The van der Waals surface area contributed by atoms with E-state index in [1.807, 2.05) is 29.6 Å². The Morgan fingerprint density at radius 1 is 1.29 bits per heavy atom. The van der Waals surface area contributed by atoms with Gasteiger partial charge in [-0.15, -0.1) is 11.3 Å². The smallest absolute Gasteiger partial charge is 0.231 e. The third-order valence-electron chi connectivity index (χ3n) is 4.10. The molecule has 0 saturated carbocycles. The van der Waals surface area contributed by atoms with Crippen LogP contribution in [0, 0.1) is 0 Å². The lowest BCUT2D eigenvalue weighted by molar-refractivity contribution is -0.117. The van der Waals surface area contributed by atoms with Gasteiger partial charge in [0.1, 0.15) is 17.4 Å². The molecule has 0 atom stereocenters. The maximum Gasteiger partial charge on any atom is 0.231 e. The molecular weight excluding hydrogens is 322 g/mol. The zero-order valence-electron chi connectivity index (χ0n) is 13.1. The highest BCUT2D eigenvalue weighted by molar-refractivity contribution is 7.09. The van der Waals surface area contributed by atoms with Gasteiger partial charge in [0.25, 0.3) is 0 Å². The van der Waals surface area contributed by atoms with E-state index in [1.54, 1.807) is 41.9 Å². The van der Waals surface area contributed by atoms with Crippen molar-refractivity contribution in [3.05, 3.63) is 58.8 Å². The lowest BCUT2D eigenvalue weighted by Gasteiger charge is -2.16. The highest BCUT2D eigenvalue weighted by atomic mass is 32.1. The van der Waals surface area contributed by atoms with Gasteiger partial charge in [-0.3, -0.25) is 9.78 Å². The summed E-state index contributed by atoms with van der Waals surface area (Å²) in [5, 5.41) is 2.83. The second-order valence-corrected chi connectivity index (χ2v) is 6.50. The molecule has 1 aliphatic rings. The van der Waals surface area contributed by atoms with Crippen LogP contribution in [-0.4, -0.2) is 22.9 Å². The first-order valence-electron chi connectivity index (χ1n) is 7.58. The number of ether oxygens (including phenoxy) is 1. The molecule has 1 amide bonds. The summed E-state index contributed by atoms with van der Waals surface area (Å²) in [6, 6.07) is 7.84. The van der Waals surface area contributed by atoms with E-state index in [4.69, 9.17) is 4.74 Å². The normalized spacial score (nSPS) is 13.2. The van der Waals surface area contributed by atoms with Crippen LogP contribution in [0.3, 0.4) is 0 Å². The number of amides is 1. The van der Waals surface area contributed by atoms with Gasteiger partial charge in [-0.2, -0.15) is 0 Å². The fourth-order valence-electron chi connectivity index (χ4n) is 2.88. The number of hydrogen-bond acceptors (Lipinski definition) is 5. The summed E-state index contributed by atoms with van der Waals surface area (Å²) >= 11 is 1.55. The van der Waals surface area contributed by atoms with Crippen molar-refractivity contribution in [1.29, 1.82) is 0 Å². The molecule has 4 rings (SSSR count). The van der Waals surface area contributed by atoms with Crippen LogP contribution in [0.15, 0.2) is 48.2 Å². The van der Waals surface area contributed by atoms with Crippen molar-refractivity contribution in [2.75, 3.05) is 11.9 Å². The van der Waals surface area contributed by atoms with E-state index in [2.05, 4.69) is 9.97 Å². The maximum atomic E-state index is 12.1. The Balaban J connectivity index is 1.79. The average Bonchev–Trinajstić information content (AvgIpc) is 3.23. The molecule has 0 aliphatic carbocycles. The van der Waals surface area contributed by atoms with E-state index in [9.17, 15) is 4.79 Å². The molecule has 0 spiro atoms. The Labute approximate surface area is 143 Å². The second-order valence-electron chi connectivity index (χ2n) is 5.53. The molecule has 0 radical (unpaired) electrons. The van der Waals surface area contributed by atoms with Crippen LogP contribution in [0.5, 0.6) is 5.75 Å². The largest absolute Gasteiger partial charge is 0.485 e. The van der Waals surface area contributed by atoms with E-state index in [0.717, 1.165) is 33.1 Å². The Kier molecular flexibility index (Phi) is 3.74. The van der Waals surface area contributed by atoms with Crippen LogP contribution in [0.2, 0.25) is 0 Å². The van der Waals surface area contributed by atoms with Crippen LogP contribution in [0.25, 0.3) is 11.1 Å². The quantitative estimate of drug-likeness (QED) is 0.733. The van der Waals surface area contributed by atoms with E-state index in [1.165, 1.54) is 0 Å². The number of fused-ring (bicyclic) bond motifs is 1. The summed E-state index contributed by atoms with van der Waals surface area (Å²) in [4.78, 5) is 22.2. The zero-order valence-corrected chi connectivity index (χ0v) is 13.9. The lowest BCUT2D eigenvalue weighted by Crippen LogP contribution is -2.20. The van der Waals surface area contributed by atoms with Gasteiger partial charge in [0.15, 0.2) is 0 Å². The Morgan fingerprint density at radius 2 is 2.21 bits per heavy atom. The molecular formula is C18H15N3O2S. The van der Waals surface area contributed by atoms with Gasteiger partial charge < -0.3 is 9.64 Å². The van der Waals surface area contributed by atoms with Gasteiger partial charge in [-0.1, -0.05) is 6.07 Å². The van der Waals surface area contributed by atoms with Crippen molar-refractivity contribution in [2.45, 2.75) is 13.0 Å². The van der Waals surface area contributed by atoms with E-state index in [0.29, 0.717) is 13.0 Å². The minimum absolute atomic E-state index is 0.0763. The van der Waals surface area contributed by atoms with Crippen molar-refractivity contribution in [1.82, 2.24) is 9.97 Å². The zero-order chi connectivity index (χ0) is 16.5. The standard InChI is InChI=1S/C18H15N3O2S/c1-21-15-5-4-13(12-3-2-6-19-10-12)18(14(15)9-17(21)22)23-11-16-20-7-8-24-16/h2-8,10H,9,11H2,1H3. The molecule has 3 aromatic rings. The van der Waals surface area contributed by atoms with Gasteiger partial charge in [0.2, 0.25) is 5.91 Å².